The van der Waals surface area contributed by atoms with Crippen molar-refractivity contribution in [3.63, 3.8) is 0 Å². The molecule has 1 saturated heterocycles. The number of ether oxygens (including phenoxy) is 4. The van der Waals surface area contributed by atoms with Crippen LogP contribution in [0.5, 0.6) is 0 Å². The van der Waals surface area contributed by atoms with E-state index in [9.17, 15) is 24.3 Å². The fourth-order valence-electron chi connectivity index (χ4n) is 4.07. The van der Waals surface area contributed by atoms with Crippen molar-refractivity contribution in [2.75, 3.05) is 6.61 Å². The third kappa shape index (κ3) is 7.07. The number of carbonyl (C=O) groups is 4. The predicted molar refractivity (Wildman–Crippen MR) is 136 cm³/mol. The van der Waals surface area contributed by atoms with Gasteiger partial charge in [-0.1, -0.05) is 54.6 Å². The number of aliphatic hydroxyl groups excluding tert-OH is 1. The maximum atomic E-state index is 13.1. The highest BCUT2D eigenvalue weighted by atomic mass is 16.7. The molecule has 10 nitrogen and oxygen atoms in total. The normalized spacial score (nSPS) is 22.3. The molecule has 5 atom stereocenters. The van der Waals surface area contributed by atoms with E-state index in [1.807, 2.05) is 0 Å². The Hall–Kier alpha value is -4.54. The standard InChI is InChI=1S/C29H27NO9/c1-18(31)30-23-25(39-28(34)21-15-9-4-10-16-21)24(38-27(33)20-13-7-3-8-14-20)22(37-29(23)35)17-36-26(32)19-11-5-2-6-12-19/h2-16,22-25,29,35H,17H2,1H3,(H,30,31)/t22?,23?,24-,25?,29+/m1/s1. The summed E-state index contributed by atoms with van der Waals surface area (Å²) in [5.74, 6) is -2.79. The topological polar surface area (TPSA) is 137 Å². The summed E-state index contributed by atoms with van der Waals surface area (Å²) in [6, 6.07) is 23.0. The smallest absolute Gasteiger partial charge is 0.338 e. The molecule has 39 heavy (non-hydrogen) atoms. The Morgan fingerprint density at radius 2 is 1.15 bits per heavy atom. The van der Waals surface area contributed by atoms with Gasteiger partial charge in [0.2, 0.25) is 5.91 Å². The van der Waals surface area contributed by atoms with E-state index in [0.717, 1.165) is 0 Å². The highest BCUT2D eigenvalue weighted by molar-refractivity contribution is 5.91. The average molecular weight is 534 g/mol. The monoisotopic (exact) mass is 533 g/mol. The quantitative estimate of drug-likeness (QED) is 0.330. The first-order valence-corrected chi connectivity index (χ1v) is 12.2. The summed E-state index contributed by atoms with van der Waals surface area (Å²) in [5, 5.41) is 13.3. The van der Waals surface area contributed by atoms with Crippen molar-refractivity contribution in [2.24, 2.45) is 0 Å². The molecule has 4 rings (SSSR count). The van der Waals surface area contributed by atoms with Crippen LogP contribution in [0.2, 0.25) is 0 Å². The summed E-state index contributed by atoms with van der Waals surface area (Å²) >= 11 is 0. The minimum atomic E-state index is -1.69. The third-order valence-electron chi connectivity index (χ3n) is 5.93. The van der Waals surface area contributed by atoms with Gasteiger partial charge in [0.25, 0.3) is 0 Å². The Morgan fingerprint density at radius 3 is 1.62 bits per heavy atom. The summed E-state index contributed by atoms with van der Waals surface area (Å²) in [6.45, 7) is 0.755. The Morgan fingerprint density at radius 1 is 0.718 bits per heavy atom. The number of hydrogen-bond acceptors (Lipinski definition) is 9. The maximum absolute atomic E-state index is 13.1. The van der Waals surface area contributed by atoms with Gasteiger partial charge in [-0.2, -0.15) is 0 Å². The molecule has 3 aromatic carbocycles. The summed E-state index contributed by atoms with van der Waals surface area (Å²) in [4.78, 5) is 50.6. The second-order valence-corrected chi connectivity index (χ2v) is 8.73. The highest BCUT2D eigenvalue weighted by Gasteiger charge is 2.51. The molecule has 0 spiro atoms. The van der Waals surface area contributed by atoms with Crippen molar-refractivity contribution in [1.29, 1.82) is 0 Å². The van der Waals surface area contributed by atoms with E-state index in [2.05, 4.69) is 5.32 Å². The van der Waals surface area contributed by atoms with Crippen LogP contribution >= 0.6 is 0 Å². The van der Waals surface area contributed by atoms with E-state index in [4.69, 9.17) is 18.9 Å². The van der Waals surface area contributed by atoms with E-state index < -0.39 is 61.1 Å². The molecule has 1 fully saturated rings. The van der Waals surface area contributed by atoms with Crippen LogP contribution in [0.25, 0.3) is 0 Å². The van der Waals surface area contributed by atoms with E-state index in [-0.39, 0.29) is 16.7 Å². The van der Waals surface area contributed by atoms with E-state index in [1.54, 1.807) is 66.7 Å². The molecule has 0 aliphatic carbocycles. The molecule has 3 aromatic rings. The van der Waals surface area contributed by atoms with Gasteiger partial charge >= 0.3 is 17.9 Å². The lowest BCUT2D eigenvalue weighted by Gasteiger charge is -2.43. The Bertz CT molecular complexity index is 1280. The van der Waals surface area contributed by atoms with Crippen LogP contribution in [0, 0.1) is 0 Å². The van der Waals surface area contributed by atoms with Crippen molar-refractivity contribution in [1.82, 2.24) is 5.32 Å². The molecule has 202 valence electrons. The zero-order valence-corrected chi connectivity index (χ0v) is 21.0. The Balaban J connectivity index is 1.64. The molecule has 3 unspecified atom stereocenters. The number of rotatable bonds is 8. The molecular formula is C29H27NO9. The van der Waals surface area contributed by atoms with Gasteiger partial charge in [-0.15, -0.1) is 0 Å². The van der Waals surface area contributed by atoms with Crippen molar-refractivity contribution in [3.8, 4) is 0 Å². The van der Waals surface area contributed by atoms with E-state index in [0.29, 0.717) is 0 Å². The molecule has 1 heterocycles. The zero-order chi connectivity index (χ0) is 27.8. The lowest BCUT2D eigenvalue weighted by atomic mass is 9.96. The molecule has 1 aliphatic heterocycles. The van der Waals surface area contributed by atoms with E-state index in [1.165, 1.54) is 31.2 Å². The average Bonchev–Trinajstić information content (AvgIpc) is 2.96. The van der Waals surface area contributed by atoms with Crippen LogP contribution in [-0.4, -0.2) is 66.2 Å². The number of carbonyl (C=O) groups excluding carboxylic acids is 4. The molecule has 0 saturated carbocycles. The van der Waals surface area contributed by atoms with Gasteiger partial charge in [0.05, 0.1) is 16.7 Å². The number of amides is 1. The van der Waals surface area contributed by atoms with Gasteiger partial charge in [-0.25, -0.2) is 14.4 Å². The Labute approximate surface area is 224 Å². The summed E-state index contributed by atoms with van der Waals surface area (Å²) in [5.41, 5.74) is 0.669. The fraction of sp³-hybridized carbons (Fsp3) is 0.241. The second-order valence-electron chi connectivity index (χ2n) is 8.73. The molecule has 1 amide bonds. The molecule has 1 aliphatic rings. The minimum absolute atomic E-state index is 0.195. The molecular weight excluding hydrogens is 506 g/mol. The van der Waals surface area contributed by atoms with Gasteiger partial charge in [0.15, 0.2) is 18.5 Å². The number of aliphatic hydroxyl groups is 1. The molecule has 0 aromatic heterocycles. The summed E-state index contributed by atoms with van der Waals surface area (Å²) in [7, 11) is 0. The minimum Gasteiger partial charge on any atom is -0.459 e. The van der Waals surface area contributed by atoms with Crippen LogP contribution < -0.4 is 5.32 Å². The summed E-state index contributed by atoms with van der Waals surface area (Å²) in [6.07, 6.45) is -5.72. The van der Waals surface area contributed by atoms with Gasteiger partial charge in [-0.05, 0) is 36.4 Å². The molecule has 2 N–H and O–H groups in total. The molecule has 0 bridgehead atoms. The second kappa shape index (κ2) is 12.8. The fourth-order valence-corrected chi connectivity index (χ4v) is 4.07. The first kappa shape index (κ1) is 27.5. The van der Waals surface area contributed by atoms with Gasteiger partial charge in [0, 0.05) is 6.92 Å². The van der Waals surface area contributed by atoms with Crippen molar-refractivity contribution in [3.05, 3.63) is 108 Å². The number of benzene rings is 3. The lowest BCUT2D eigenvalue weighted by molar-refractivity contribution is -0.253. The van der Waals surface area contributed by atoms with Gasteiger partial charge in [-0.3, -0.25) is 4.79 Å². The van der Waals surface area contributed by atoms with Gasteiger partial charge < -0.3 is 29.4 Å². The number of nitrogens with one attached hydrogen (secondary N) is 1. The van der Waals surface area contributed by atoms with Crippen LogP contribution in [0.4, 0.5) is 0 Å². The summed E-state index contributed by atoms with van der Waals surface area (Å²) < 4.78 is 22.5. The number of hydrogen-bond donors (Lipinski definition) is 2. The predicted octanol–water partition coefficient (Wildman–Crippen LogP) is 2.52. The Kier molecular flexibility index (Phi) is 9.03. The van der Waals surface area contributed by atoms with Crippen LogP contribution in [-0.2, 0) is 23.7 Å². The largest absolute Gasteiger partial charge is 0.459 e. The van der Waals surface area contributed by atoms with E-state index >= 15 is 0 Å². The first-order chi connectivity index (χ1) is 18.8. The van der Waals surface area contributed by atoms with Gasteiger partial charge in [0.1, 0.15) is 18.8 Å². The molecule has 0 radical (unpaired) electrons. The van der Waals surface area contributed by atoms with Crippen LogP contribution in [0.15, 0.2) is 91.0 Å². The lowest BCUT2D eigenvalue weighted by Crippen LogP contribution is -2.66. The first-order valence-electron chi connectivity index (χ1n) is 12.2. The zero-order valence-electron chi connectivity index (χ0n) is 21.0. The third-order valence-corrected chi connectivity index (χ3v) is 5.93. The number of esters is 3. The van der Waals surface area contributed by atoms with Crippen LogP contribution in [0.3, 0.4) is 0 Å². The van der Waals surface area contributed by atoms with Crippen molar-refractivity contribution in [2.45, 2.75) is 37.6 Å². The van der Waals surface area contributed by atoms with Crippen molar-refractivity contribution >= 4 is 23.8 Å². The van der Waals surface area contributed by atoms with Crippen molar-refractivity contribution < 1.29 is 43.2 Å². The highest BCUT2D eigenvalue weighted by Crippen LogP contribution is 2.28. The van der Waals surface area contributed by atoms with Crippen LogP contribution in [0.1, 0.15) is 38.0 Å². The molecule has 10 heteroatoms. The SMILES string of the molecule is CC(=O)NC1C(OC(=O)c2ccccc2)[C@H](OC(=O)c2ccccc2)C(COC(=O)c2ccccc2)O[C@@H]1O. The maximum Gasteiger partial charge on any atom is 0.338 e.